The van der Waals surface area contributed by atoms with Gasteiger partial charge in [-0.25, -0.2) is 0 Å². The summed E-state index contributed by atoms with van der Waals surface area (Å²) in [6, 6.07) is 13.7. The van der Waals surface area contributed by atoms with E-state index in [1.54, 1.807) is 32.1 Å². The number of carbonyl (C=O) groups excluding carboxylic acids is 3. The lowest BCUT2D eigenvalue weighted by Crippen LogP contribution is -2.60. The van der Waals surface area contributed by atoms with Crippen LogP contribution in [0, 0.1) is 19.3 Å². The predicted molar refractivity (Wildman–Crippen MR) is 191 cm³/mol. The quantitative estimate of drug-likeness (QED) is 0.222. The van der Waals surface area contributed by atoms with E-state index in [-0.39, 0.29) is 38.1 Å². The third kappa shape index (κ3) is 10.1. The summed E-state index contributed by atoms with van der Waals surface area (Å²) in [5.41, 5.74) is 3.01. The third-order valence-electron chi connectivity index (χ3n) is 9.18. The Morgan fingerprint density at radius 2 is 1.70 bits per heavy atom. The lowest BCUT2D eigenvalue weighted by molar-refractivity contribution is -0.200. The first-order chi connectivity index (χ1) is 23.7. The molecule has 0 bridgehead atoms. The minimum Gasteiger partial charge on any atom is -0.387 e. The number of hydrogen-bond acceptors (Lipinski definition) is 10. The van der Waals surface area contributed by atoms with Gasteiger partial charge in [0.1, 0.15) is 42.0 Å². The van der Waals surface area contributed by atoms with Crippen LogP contribution in [0.3, 0.4) is 0 Å². The smallest absolute Gasteiger partial charge is 0.247 e. The number of piperazine rings is 1. The van der Waals surface area contributed by atoms with Gasteiger partial charge in [-0.05, 0) is 61.3 Å². The number of aliphatic hydroxyl groups is 3. The maximum Gasteiger partial charge on any atom is 0.247 e. The zero-order valence-corrected chi connectivity index (χ0v) is 30.3. The second kappa shape index (κ2) is 17.6. The second-order valence-electron chi connectivity index (χ2n) is 13.5. The van der Waals surface area contributed by atoms with Gasteiger partial charge in [0, 0.05) is 33.2 Å². The van der Waals surface area contributed by atoms with E-state index >= 15 is 0 Å². The first-order valence-electron chi connectivity index (χ1n) is 16.7. The standard InChI is InChI=1S/C37H50N4O8S/c1-7-14-39(5)30(43)21-40-15-17-41(18-16-40)36(47)37(3,4)38-29(42)23-48-22-26-11-9-25(10-12-26)19-28-20-27(13-8-24(28)2)34-32(45)31(44)33(46)35(49-34)50-6/h1,8-13,20,31-35,44-46H,14-19,21-23H2,2-6H3,(H,38,42)/t31-,32-,33+,34+,35-/m1/s1. The van der Waals surface area contributed by atoms with Crippen molar-refractivity contribution in [1.29, 1.82) is 0 Å². The maximum atomic E-state index is 13.2. The fourth-order valence-corrected chi connectivity index (χ4v) is 6.76. The summed E-state index contributed by atoms with van der Waals surface area (Å²) in [4.78, 5) is 43.4. The molecule has 2 aliphatic heterocycles. The van der Waals surface area contributed by atoms with Crippen LogP contribution in [0.25, 0.3) is 0 Å². The zero-order chi connectivity index (χ0) is 36.6. The molecule has 4 N–H and O–H groups in total. The zero-order valence-electron chi connectivity index (χ0n) is 29.5. The number of likely N-dealkylation sites (N-methyl/N-ethyl adjacent to an activating group) is 1. The summed E-state index contributed by atoms with van der Waals surface area (Å²) < 4.78 is 11.6. The van der Waals surface area contributed by atoms with Crippen molar-refractivity contribution in [3.63, 3.8) is 0 Å². The Morgan fingerprint density at radius 3 is 2.34 bits per heavy atom. The molecule has 2 heterocycles. The number of thioether (sulfide) groups is 1. The van der Waals surface area contributed by atoms with Crippen molar-refractivity contribution >= 4 is 29.5 Å². The average molecular weight is 711 g/mol. The highest BCUT2D eigenvalue weighted by Crippen LogP contribution is 2.36. The fourth-order valence-electron chi connectivity index (χ4n) is 6.09. The van der Waals surface area contributed by atoms with Gasteiger partial charge >= 0.3 is 0 Å². The van der Waals surface area contributed by atoms with Crippen LogP contribution in [-0.2, 0) is 36.9 Å². The van der Waals surface area contributed by atoms with Crippen LogP contribution in [0.15, 0.2) is 42.5 Å². The molecule has 2 saturated heterocycles. The van der Waals surface area contributed by atoms with Crippen LogP contribution in [-0.4, -0.2) is 136 Å². The van der Waals surface area contributed by atoms with E-state index in [9.17, 15) is 29.7 Å². The third-order valence-corrected chi connectivity index (χ3v) is 10.0. The van der Waals surface area contributed by atoms with Gasteiger partial charge in [-0.3, -0.25) is 19.3 Å². The molecule has 0 saturated carbocycles. The molecule has 4 rings (SSSR count). The average Bonchev–Trinajstić information content (AvgIpc) is 3.09. The molecule has 0 aliphatic carbocycles. The molecular weight excluding hydrogens is 660 g/mol. The number of nitrogens with one attached hydrogen (secondary N) is 1. The molecule has 5 atom stereocenters. The number of ether oxygens (including phenoxy) is 2. The van der Waals surface area contributed by atoms with E-state index in [1.165, 1.54) is 16.7 Å². The lowest BCUT2D eigenvalue weighted by Gasteiger charge is -2.40. The molecule has 2 aromatic rings. The molecule has 12 nitrogen and oxygen atoms in total. The Kier molecular flexibility index (Phi) is 13.9. The normalized spacial score (nSPS) is 22.9. The Balaban J connectivity index is 1.23. The summed E-state index contributed by atoms with van der Waals surface area (Å²) in [5.74, 6) is 1.80. The highest BCUT2D eigenvalue weighted by atomic mass is 32.2. The molecule has 2 aromatic carbocycles. The molecule has 0 spiro atoms. The van der Waals surface area contributed by atoms with Crippen molar-refractivity contribution in [1.82, 2.24) is 20.0 Å². The Hall–Kier alpha value is -3.48. The second-order valence-corrected chi connectivity index (χ2v) is 14.4. The van der Waals surface area contributed by atoms with Gasteiger partial charge in [0.25, 0.3) is 0 Å². The van der Waals surface area contributed by atoms with Crippen molar-refractivity contribution in [2.75, 3.05) is 59.2 Å². The van der Waals surface area contributed by atoms with Crippen molar-refractivity contribution < 1.29 is 39.2 Å². The highest BCUT2D eigenvalue weighted by Gasteiger charge is 2.44. The van der Waals surface area contributed by atoms with Gasteiger partial charge in [0.15, 0.2) is 0 Å². The summed E-state index contributed by atoms with van der Waals surface area (Å²) >= 11 is 1.28. The van der Waals surface area contributed by atoms with Crippen LogP contribution in [0.2, 0.25) is 0 Å². The summed E-state index contributed by atoms with van der Waals surface area (Å²) in [5, 5.41) is 34.0. The number of aliphatic hydroxyl groups excluding tert-OH is 3. The monoisotopic (exact) mass is 710 g/mol. The maximum absolute atomic E-state index is 13.2. The van der Waals surface area contributed by atoms with Crippen LogP contribution in [0.5, 0.6) is 0 Å². The molecular formula is C37H50N4O8S. The molecule has 13 heteroatoms. The minimum absolute atomic E-state index is 0.0644. The molecule has 2 fully saturated rings. The van der Waals surface area contributed by atoms with Gasteiger partial charge in [0.05, 0.1) is 19.7 Å². The number of amides is 3. The van der Waals surface area contributed by atoms with E-state index in [0.29, 0.717) is 32.6 Å². The molecule has 0 unspecified atom stereocenters. The van der Waals surface area contributed by atoms with E-state index < -0.39 is 41.3 Å². The van der Waals surface area contributed by atoms with E-state index in [0.717, 1.165) is 27.8 Å². The van der Waals surface area contributed by atoms with E-state index in [4.69, 9.17) is 15.9 Å². The van der Waals surface area contributed by atoms with Crippen LogP contribution in [0.4, 0.5) is 0 Å². The molecule has 0 aromatic heterocycles. The summed E-state index contributed by atoms with van der Waals surface area (Å²) in [7, 11) is 1.67. The van der Waals surface area contributed by atoms with Crippen LogP contribution < -0.4 is 5.32 Å². The number of rotatable bonds is 13. The van der Waals surface area contributed by atoms with E-state index in [1.807, 2.05) is 54.3 Å². The molecule has 3 amide bonds. The SMILES string of the molecule is C#CCN(C)C(=O)CN1CCN(C(=O)C(C)(C)NC(=O)COCc2ccc(Cc3cc([C@@H]4O[C@H](SC)[C@@H](O)[C@H](O)[C@H]4O)ccc3C)cc2)CC1. The van der Waals surface area contributed by atoms with Crippen molar-refractivity contribution in [3.8, 4) is 12.3 Å². The summed E-state index contributed by atoms with van der Waals surface area (Å²) in [6.07, 6.45) is 3.19. The molecule has 50 heavy (non-hydrogen) atoms. The van der Waals surface area contributed by atoms with Gasteiger partial charge in [-0.2, -0.15) is 0 Å². The number of benzene rings is 2. The lowest BCUT2D eigenvalue weighted by atomic mass is 9.91. The molecule has 0 radical (unpaired) electrons. The molecule has 2 aliphatic rings. The topological polar surface area (TPSA) is 152 Å². The largest absolute Gasteiger partial charge is 0.387 e. The fraction of sp³-hybridized carbons (Fsp3) is 0.541. The van der Waals surface area contributed by atoms with Crippen molar-refractivity contribution in [2.24, 2.45) is 0 Å². The number of hydrogen-bond donors (Lipinski definition) is 4. The number of nitrogens with zero attached hydrogens (tertiary/aromatic N) is 3. The van der Waals surface area contributed by atoms with Crippen LogP contribution >= 0.6 is 11.8 Å². The first-order valence-corrected chi connectivity index (χ1v) is 18.0. The van der Waals surface area contributed by atoms with Crippen LogP contribution in [0.1, 0.15) is 47.8 Å². The van der Waals surface area contributed by atoms with Gasteiger partial charge in [0.2, 0.25) is 17.7 Å². The van der Waals surface area contributed by atoms with Gasteiger partial charge in [-0.15, -0.1) is 18.2 Å². The Labute approximate surface area is 299 Å². The highest BCUT2D eigenvalue weighted by molar-refractivity contribution is 7.99. The number of terminal acetylenes is 1. The van der Waals surface area contributed by atoms with Gasteiger partial charge in [-0.1, -0.05) is 48.4 Å². The Bertz CT molecular complexity index is 1520. The summed E-state index contributed by atoms with van der Waals surface area (Å²) in [6.45, 7) is 7.87. The van der Waals surface area contributed by atoms with Crippen molar-refractivity contribution in [2.45, 2.75) is 69.2 Å². The molecule has 272 valence electrons. The Morgan fingerprint density at radius 1 is 1.04 bits per heavy atom. The van der Waals surface area contributed by atoms with E-state index in [2.05, 4.69) is 11.2 Å². The van der Waals surface area contributed by atoms with Crippen molar-refractivity contribution in [3.05, 3.63) is 70.3 Å². The number of aryl methyl sites for hydroxylation is 1. The minimum atomic E-state index is -1.31. The first kappa shape index (κ1) is 39.3. The number of carbonyl (C=O) groups is 3. The van der Waals surface area contributed by atoms with Gasteiger partial charge < -0.3 is 39.9 Å². The predicted octanol–water partition coefficient (Wildman–Crippen LogP) is 1.08.